The normalized spacial score (nSPS) is 10.9. The van der Waals surface area contributed by atoms with Crippen LogP contribution in [-0.4, -0.2) is 15.6 Å². The zero-order chi connectivity index (χ0) is 16.6. The second-order valence-electron chi connectivity index (χ2n) is 5.07. The fraction of sp³-hybridized carbons (Fsp3) is 0.0588. The van der Waals surface area contributed by atoms with Crippen molar-refractivity contribution in [1.82, 2.24) is 4.57 Å². The van der Waals surface area contributed by atoms with Crippen molar-refractivity contribution in [3.8, 4) is 0 Å². The molecule has 0 radical (unpaired) electrons. The highest BCUT2D eigenvalue weighted by atomic mass is 35.5. The molecule has 0 saturated carbocycles. The summed E-state index contributed by atoms with van der Waals surface area (Å²) in [6.45, 7) is 0.333. The van der Waals surface area contributed by atoms with Gasteiger partial charge in [0.05, 0.1) is 10.5 Å². The number of benzene rings is 2. The van der Waals surface area contributed by atoms with Gasteiger partial charge in [0.2, 0.25) is 5.43 Å². The van der Waals surface area contributed by atoms with E-state index in [4.69, 9.17) is 11.6 Å². The van der Waals surface area contributed by atoms with Gasteiger partial charge in [-0.15, -0.1) is 0 Å². The lowest BCUT2D eigenvalue weighted by atomic mass is 10.1. The highest BCUT2D eigenvalue weighted by Gasteiger charge is 2.16. The van der Waals surface area contributed by atoms with E-state index >= 15 is 0 Å². The standard InChI is InChI=1S/C17H11ClFNO3/c18-13-7-15-11(6-14(13)19)16(21)12(17(22)23)9-20(15)8-10-4-2-1-3-5-10/h1-7,9H,8H2,(H,22,23). The predicted molar refractivity (Wildman–Crippen MR) is 85.7 cm³/mol. The molecule has 0 spiro atoms. The first-order chi connectivity index (χ1) is 11.0. The lowest BCUT2D eigenvalue weighted by Gasteiger charge is -2.13. The third-order valence-corrected chi connectivity index (χ3v) is 3.84. The van der Waals surface area contributed by atoms with Gasteiger partial charge in [0.15, 0.2) is 0 Å². The van der Waals surface area contributed by atoms with Crippen LogP contribution in [0.1, 0.15) is 15.9 Å². The number of hydrogen-bond acceptors (Lipinski definition) is 2. The molecule has 0 saturated heterocycles. The van der Waals surface area contributed by atoms with Crippen molar-refractivity contribution >= 4 is 28.5 Å². The van der Waals surface area contributed by atoms with E-state index in [9.17, 15) is 19.1 Å². The topological polar surface area (TPSA) is 59.3 Å². The minimum atomic E-state index is -1.35. The van der Waals surface area contributed by atoms with Crippen LogP contribution < -0.4 is 5.43 Å². The molecule has 0 aliphatic heterocycles. The first-order valence-corrected chi connectivity index (χ1v) is 7.14. The van der Waals surface area contributed by atoms with Gasteiger partial charge < -0.3 is 9.67 Å². The molecular weight excluding hydrogens is 321 g/mol. The number of halogens is 2. The van der Waals surface area contributed by atoms with Crippen molar-refractivity contribution < 1.29 is 14.3 Å². The van der Waals surface area contributed by atoms with E-state index < -0.39 is 22.8 Å². The van der Waals surface area contributed by atoms with Crippen molar-refractivity contribution in [2.45, 2.75) is 6.54 Å². The summed E-state index contributed by atoms with van der Waals surface area (Å²) in [4.78, 5) is 23.5. The first-order valence-electron chi connectivity index (χ1n) is 6.77. The number of fused-ring (bicyclic) bond motifs is 1. The smallest absolute Gasteiger partial charge is 0.341 e. The number of pyridine rings is 1. The molecule has 3 aromatic rings. The van der Waals surface area contributed by atoms with E-state index in [-0.39, 0.29) is 10.4 Å². The molecule has 4 nitrogen and oxygen atoms in total. The molecular formula is C17H11ClFNO3. The lowest BCUT2D eigenvalue weighted by molar-refractivity contribution is 0.0695. The van der Waals surface area contributed by atoms with Gasteiger partial charge in [0.1, 0.15) is 11.4 Å². The van der Waals surface area contributed by atoms with Gasteiger partial charge in [0.25, 0.3) is 0 Å². The second kappa shape index (κ2) is 5.85. The summed E-state index contributed by atoms with van der Waals surface area (Å²) in [7, 11) is 0. The Bertz CT molecular complexity index is 967. The highest BCUT2D eigenvalue weighted by Crippen LogP contribution is 2.22. The molecule has 0 atom stereocenters. The summed E-state index contributed by atoms with van der Waals surface area (Å²) in [5.74, 6) is -2.11. The summed E-state index contributed by atoms with van der Waals surface area (Å²) in [6.07, 6.45) is 1.26. The first kappa shape index (κ1) is 15.2. The fourth-order valence-corrected chi connectivity index (χ4v) is 2.61. The molecule has 0 bridgehead atoms. The van der Waals surface area contributed by atoms with Gasteiger partial charge >= 0.3 is 5.97 Å². The van der Waals surface area contributed by atoms with Gasteiger partial charge in [-0.05, 0) is 17.7 Å². The molecule has 2 aromatic carbocycles. The van der Waals surface area contributed by atoms with Crippen LogP contribution in [0.15, 0.2) is 53.5 Å². The van der Waals surface area contributed by atoms with Crippen LogP contribution in [0.5, 0.6) is 0 Å². The summed E-state index contributed by atoms with van der Waals surface area (Å²) < 4.78 is 15.3. The Balaban J connectivity index is 2.31. The number of carboxylic acids is 1. The minimum Gasteiger partial charge on any atom is -0.477 e. The number of rotatable bonds is 3. The highest BCUT2D eigenvalue weighted by molar-refractivity contribution is 6.31. The zero-order valence-electron chi connectivity index (χ0n) is 11.8. The van der Waals surface area contributed by atoms with Gasteiger partial charge in [-0.3, -0.25) is 4.79 Å². The monoisotopic (exact) mass is 331 g/mol. The molecule has 6 heteroatoms. The molecule has 23 heavy (non-hydrogen) atoms. The number of carboxylic acid groups (broad SMARTS) is 1. The molecule has 0 aliphatic carbocycles. The fourth-order valence-electron chi connectivity index (χ4n) is 2.45. The van der Waals surface area contributed by atoms with E-state index in [0.717, 1.165) is 11.6 Å². The number of aromatic nitrogens is 1. The molecule has 0 fully saturated rings. The molecule has 0 unspecified atom stereocenters. The summed E-state index contributed by atoms with van der Waals surface area (Å²) in [5.41, 5.74) is 0.159. The van der Waals surface area contributed by atoms with Crippen molar-refractivity contribution in [2.24, 2.45) is 0 Å². The van der Waals surface area contributed by atoms with Crippen molar-refractivity contribution in [2.75, 3.05) is 0 Å². The predicted octanol–water partition coefficient (Wildman–Crippen LogP) is 3.54. The SMILES string of the molecule is O=C(O)c1cn(Cc2ccccc2)c2cc(Cl)c(F)cc2c1=O. The molecule has 1 aromatic heterocycles. The van der Waals surface area contributed by atoms with E-state index in [1.165, 1.54) is 12.3 Å². The largest absolute Gasteiger partial charge is 0.477 e. The van der Waals surface area contributed by atoms with Crippen LogP contribution in [0.4, 0.5) is 4.39 Å². The second-order valence-corrected chi connectivity index (χ2v) is 5.48. The van der Waals surface area contributed by atoms with Gasteiger partial charge in [-0.1, -0.05) is 41.9 Å². The molecule has 1 N–H and O–H groups in total. The van der Waals surface area contributed by atoms with E-state index in [1.807, 2.05) is 30.3 Å². The third-order valence-electron chi connectivity index (χ3n) is 3.55. The minimum absolute atomic E-state index is 0.0114. The zero-order valence-corrected chi connectivity index (χ0v) is 12.5. The summed E-state index contributed by atoms with van der Waals surface area (Å²) >= 11 is 5.81. The molecule has 1 heterocycles. The average molecular weight is 332 g/mol. The van der Waals surface area contributed by atoms with E-state index in [2.05, 4.69) is 0 Å². The maximum atomic E-state index is 13.7. The summed E-state index contributed by atoms with van der Waals surface area (Å²) in [5, 5.41) is 9.07. The number of nitrogens with zero attached hydrogens (tertiary/aromatic N) is 1. The Morgan fingerprint density at radius 1 is 1.22 bits per heavy atom. The van der Waals surface area contributed by atoms with Crippen LogP contribution in [0.25, 0.3) is 10.9 Å². The lowest BCUT2D eigenvalue weighted by Crippen LogP contribution is -2.19. The molecule has 0 amide bonds. The molecule has 116 valence electrons. The van der Waals surface area contributed by atoms with Crippen LogP contribution in [-0.2, 0) is 6.54 Å². The van der Waals surface area contributed by atoms with E-state index in [0.29, 0.717) is 12.1 Å². The Hall–Kier alpha value is -2.66. The van der Waals surface area contributed by atoms with E-state index in [1.54, 1.807) is 4.57 Å². The van der Waals surface area contributed by atoms with Gasteiger partial charge in [0, 0.05) is 18.1 Å². The maximum absolute atomic E-state index is 13.7. The van der Waals surface area contributed by atoms with Crippen molar-refractivity contribution in [3.05, 3.63) is 80.9 Å². The van der Waals surface area contributed by atoms with Crippen LogP contribution in [0, 0.1) is 5.82 Å². The van der Waals surface area contributed by atoms with Crippen LogP contribution in [0.3, 0.4) is 0 Å². The van der Waals surface area contributed by atoms with Crippen molar-refractivity contribution in [3.63, 3.8) is 0 Å². The third kappa shape index (κ3) is 2.83. The number of carbonyl (C=O) groups is 1. The van der Waals surface area contributed by atoms with Gasteiger partial charge in [-0.2, -0.15) is 0 Å². The quantitative estimate of drug-likeness (QED) is 0.798. The Labute approximate surface area is 135 Å². The Morgan fingerprint density at radius 3 is 2.57 bits per heavy atom. The Morgan fingerprint density at radius 2 is 1.91 bits per heavy atom. The van der Waals surface area contributed by atoms with Gasteiger partial charge in [-0.25, -0.2) is 9.18 Å². The summed E-state index contributed by atoms with van der Waals surface area (Å²) in [6, 6.07) is 11.6. The number of hydrogen-bond donors (Lipinski definition) is 1. The Kier molecular flexibility index (Phi) is 3.88. The van der Waals surface area contributed by atoms with Crippen LogP contribution >= 0.6 is 11.6 Å². The molecule has 3 rings (SSSR count). The molecule has 0 aliphatic rings. The van der Waals surface area contributed by atoms with Crippen LogP contribution in [0.2, 0.25) is 5.02 Å². The maximum Gasteiger partial charge on any atom is 0.341 e. The number of aromatic carboxylic acids is 1. The van der Waals surface area contributed by atoms with Crippen molar-refractivity contribution in [1.29, 1.82) is 0 Å². The average Bonchev–Trinajstić information content (AvgIpc) is 2.52.